The van der Waals surface area contributed by atoms with Crippen LogP contribution in [0.5, 0.6) is 0 Å². The van der Waals surface area contributed by atoms with Crippen LogP contribution >= 0.6 is 0 Å². The van der Waals surface area contributed by atoms with Crippen LogP contribution in [0.15, 0.2) is 58.4 Å². The van der Waals surface area contributed by atoms with E-state index in [0.717, 1.165) is 38.6 Å². The van der Waals surface area contributed by atoms with Crippen molar-refractivity contribution < 1.29 is 22.8 Å². The molecule has 0 fully saturated rings. The molecule has 1 aromatic carbocycles. The third kappa shape index (κ3) is 3.75. The van der Waals surface area contributed by atoms with Crippen molar-refractivity contribution in [2.45, 2.75) is 32.6 Å². The van der Waals surface area contributed by atoms with E-state index in [9.17, 15) is 32.3 Å². The summed E-state index contributed by atoms with van der Waals surface area (Å²) in [5.41, 5.74) is -2.30. The van der Waals surface area contributed by atoms with Crippen molar-refractivity contribution in [1.82, 2.24) is 19.0 Å². The fourth-order valence-electron chi connectivity index (χ4n) is 3.62. The summed E-state index contributed by atoms with van der Waals surface area (Å²) in [5, 5.41) is 0. The van der Waals surface area contributed by atoms with Gasteiger partial charge in [0.05, 0.1) is 35.1 Å². The van der Waals surface area contributed by atoms with Gasteiger partial charge in [0.15, 0.2) is 0 Å². The minimum atomic E-state index is -4.66. The third-order valence-corrected chi connectivity index (χ3v) is 5.23. The number of nitrogens with zero attached hydrogens (tertiary/aromatic N) is 4. The second-order valence-electron chi connectivity index (χ2n) is 7.72. The molecule has 1 aliphatic heterocycles. The average molecular weight is 458 g/mol. The fourth-order valence-corrected chi connectivity index (χ4v) is 3.62. The zero-order valence-corrected chi connectivity index (χ0v) is 17.5. The maximum absolute atomic E-state index is 13.0. The van der Waals surface area contributed by atoms with Crippen molar-refractivity contribution in [2.24, 2.45) is 0 Å². The van der Waals surface area contributed by atoms with Gasteiger partial charge < -0.3 is 0 Å². The first-order chi connectivity index (χ1) is 15.5. The van der Waals surface area contributed by atoms with E-state index in [1.54, 1.807) is 26.0 Å². The Kier molecular flexibility index (Phi) is 5.27. The van der Waals surface area contributed by atoms with Crippen LogP contribution in [0.1, 0.15) is 51.9 Å². The highest BCUT2D eigenvalue weighted by Crippen LogP contribution is 2.27. The molecule has 0 radical (unpaired) electrons. The summed E-state index contributed by atoms with van der Waals surface area (Å²) in [4.78, 5) is 55.6. The number of pyridine rings is 1. The molecule has 0 aliphatic carbocycles. The van der Waals surface area contributed by atoms with E-state index in [1.165, 1.54) is 12.1 Å². The van der Waals surface area contributed by atoms with E-state index in [-0.39, 0.29) is 22.4 Å². The summed E-state index contributed by atoms with van der Waals surface area (Å²) in [7, 11) is 0. The summed E-state index contributed by atoms with van der Waals surface area (Å²) in [5.74, 6) is -1.17. The minimum absolute atomic E-state index is 0.00832. The largest absolute Gasteiger partial charge is 0.433 e. The number of amides is 2. The molecular formula is C22H17F3N4O4. The van der Waals surface area contributed by atoms with Gasteiger partial charge in [-0.2, -0.15) is 13.2 Å². The Labute approximate surface area is 184 Å². The highest BCUT2D eigenvalue weighted by Gasteiger charge is 2.36. The topological polar surface area (TPSA) is 94.3 Å². The quantitative estimate of drug-likeness (QED) is 0.561. The van der Waals surface area contributed by atoms with Gasteiger partial charge in [0.1, 0.15) is 5.69 Å². The van der Waals surface area contributed by atoms with Gasteiger partial charge in [0, 0.05) is 12.2 Å². The lowest BCUT2D eigenvalue weighted by Gasteiger charge is -2.18. The molecule has 4 rings (SSSR count). The molecule has 0 saturated heterocycles. The lowest BCUT2D eigenvalue weighted by molar-refractivity contribution is -0.141. The number of halogens is 3. The number of fused-ring (bicyclic) bond motifs is 1. The molecular weight excluding hydrogens is 441 g/mol. The van der Waals surface area contributed by atoms with Crippen LogP contribution in [0, 0.1) is 0 Å². The van der Waals surface area contributed by atoms with Crippen LogP contribution < -0.4 is 11.2 Å². The molecule has 0 saturated carbocycles. The van der Waals surface area contributed by atoms with Gasteiger partial charge in [-0.1, -0.05) is 12.1 Å². The van der Waals surface area contributed by atoms with Crippen molar-refractivity contribution in [1.29, 1.82) is 0 Å². The van der Waals surface area contributed by atoms with Crippen LogP contribution in [0.3, 0.4) is 0 Å². The van der Waals surface area contributed by atoms with E-state index in [1.807, 2.05) is 0 Å². The smallest absolute Gasteiger partial charge is 0.270 e. The number of benzene rings is 1. The van der Waals surface area contributed by atoms with E-state index in [4.69, 9.17) is 0 Å². The number of carbonyl (C=O) groups is 2. The number of imide groups is 1. The number of hydrogen-bond donors (Lipinski definition) is 0. The predicted molar refractivity (Wildman–Crippen MR) is 110 cm³/mol. The highest BCUT2D eigenvalue weighted by atomic mass is 19.4. The Morgan fingerprint density at radius 1 is 0.939 bits per heavy atom. The maximum atomic E-state index is 13.0. The lowest BCUT2D eigenvalue weighted by Crippen LogP contribution is -2.43. The second-order valence-corrected chi connectivity index (χ2v) is 7.72. The number of carbonyl (C=O) groups excluding carboxylic acids is 2. The molecule has 3 aromatic rings. The summed E-state index contributed by atoms with van der Waals surface area (Å²) < 4.78 is 40.4. The molecule has 0 atom stereocenters. The molecule has 0 bridgehead atoms. The van der Waals surface area contributed by atoms with Gasteiger partial charge in [0.2, 0.25) is 0 Å². The molecule has 0 spiro atoms. The number of alkyl halides is 3. The molecule has 0 N–H and O–H groups in total. The first-order valence-corrected chi connectivity index (χ1v) is 9.86. The van der Waals surface area contributed by atoms with Crippen molar-refractivity contribution in [2.75, 3.05) is 0 Å². The van der Waals surface area contributed by atoms with E-state index >= 15 is 0 Å². The SMILES string of the molecule is CC(C)n1c(=O)c(CN2C(=O)c3ccccc3C2=O)cn(-c2ccc(C(F)(F)F)nc2)c1=O. The molecule has 1 aliphatic rings. The Morgan fingerprint density at radius 2 is 1.55 bits per heavy atom. The van der Waals surface area contributed by atoms with Crippen molar-refractivity contribution in [3.05, 3.63) is 92.0 Å². The van der Waals surface area contributed by atoms with Crippen LogP contribution in [0.4, 0.5) is 13.2 Å². The standard InChI is InChI=1S/C22H17F3N4O4/c1-12(2)29-18(30)13(11-28-19(31)15-5-3-4-6-16(15)20(28)32)10-27(21(29)33)14-7-8-17(26-9-14)22(23,24)25/h3-10,12H,11H2,1-2H3. The van der Waals surface area contributed by atoms with Crippen LogP contribution in [0.2, 0.25) is 0 Å². The number of hydrogen-bond acceptors (Lipinski definition) is 5. The van der Waals surface area contributed by atoms with E-state index in [2.05, 4.69) is 4.98 Å². The molecule has 33 heavy (non-hydrogen) atoms. The van der Waals surface area contributed by atoms with E-state index in [0.29, 0.717) is 0 Å². The number of aromatic nitrogens is 3. The van der Waals surface area contributed by atoms with Gasteiger partial charge >= 0.3 is 11.9 Å². The van der Waals surface area contributed by atoms with Crippen molar-refractivity contribution in [3.8, 4) is 5.69 Å². The molecule has 8 nitrogen and oxygen atoms in total. The summed E-state index contributed by atoms with van der Waals surface area (Å²) in [6.45, 7) is 2.76. The summed E-state index contributed by atoms with van der Waals surface area (Å²) >= 11 is 0. The molecule has 2 amide bonds. The molecule has 3 heterocycles. The van der Waals surface area contributed by atoms with Crippen molar-refractivity contribution >= 4 is 11.8 Å². The monoisotopic (exact) mass is 458 g/mol. The van der Waals surface area contributed by atoms with Crippen LogP contribution in [0.25, 0.3) is 5.69 Å². The fraction of sp³-hybridized carbons (Fsp3) is 0.227. The Morgan fingerprint density at radius 3 is 2.03 bits per heavy atom. The maximum Gasteiger partial charge on any atom is 0.433 e. The Balaban J connectivity index is 1.81. The molecule has 170 valence electrons. The van der Waals surface area contributed by atoms with Gasteiger partial charge in [-0.25, -0.2) is 9.78 Å². The zero-order chi connectivity index (χ0) is 24.1. The van der Waals surface area contributed by atoms with Gasteiger partial charge in [-0.05, 0) is 38.1 Å². The molecule has 2 aromatic heterocycles. The Bertz CT molecular complexity index is 1350. The van der Waals surface area contributed by atoms with E-state index < -0.39 is 47.5 Å². The van der Waals surface area contributed by atoms with Gasteiger partial charge in [0.25, 0.3) is 17.4 Å². The summed E-state index contributed by atoms with van der Waals surface area (Å²) in [6, 6.07) is 7.39. The normalized spacial score (nSPS) is 13.7. The average Bonchev–Trinajstić information content (AvgIpc) is 3.00. The van der Waals surface area contributed by atoms with Crippen molar-refractivity contribution in [3.63, 3.8) is 0 Å². The highest BCUT2D eigenvalue weighted by molar-refractivity contribution is 6.21. The second kappa shape index (κ2) is 7.84. The van der Waals surface area contributed by atoms with Gasteiger partial charge in [-0.15, -0.1) is 0 Å². The van der Waals surface area contributed by atoms with Crippen LogP contribution in [-0.2, 0) is 12.7 Å². The third-order valence-electron chi connectivity index (χ3n) is 5.23. The summed E-state index contributed by atoms with van der Waals surface area (Å²) in [6.07, 6.45) is -2.67. The van der Waals surface area contributed by atoms with Gasteiger partial charge in [-0.3, -0.25) is 28.4 Å². The molecule has 11 heteroatoms. The van der Waals surface area contributed by atoms with Crippen LogP contribution in [-0.4, -0.2) is 30.8 Å². The lowest BCUT2D eigenvalue weighted by atomic mass is 10.1. The Hall–Kier alpha value is -4.02. The number of rotatable bonds is 4. The zero-order valence-electron chi connectivity index (χ0n) is 17.5. The molecule has 0 unspecified atom stereocenters. The minimum Gasteiger partial charge on any atom is -0.270 e. The first-order valence-electron chi connectivity index (χ1n) is 9.86. The predicted octanol–water partition coefficient (Wildman–Crippen LogP) is 2.79. The first kappa shape index (κ1) is 22.2.